The van der Waals surface area contributed by atoms with Crippen LogP contribution in [0.5, 0.6) is 23.0 Å². The molecule has 22 nitrogen and oxygen atoms in total. The molecule has 2 aliphatic heterocycles. The van der Waals surface area contributed by atoms with Gasteiger partial charge in [-0.15, -0.1) is 0 Å². The number of nitrogens with zero attached hydrogens (tertiary/aromatic N) is 4. The summed E-state index contributed by atoms with van der Waals surface area (Å²) in [6.07, 6.45) is 5.53. The van der Waals surface area contributed by atoms with E-state index in [1.165, 1.54) is 74.9 Å². The zero-order valence-corrected chi connectivity index (χ0v) is 54.9. The summed E-state index contributed by atoms with van der Waals surface area (Å²) in [6.45, 7) is 8.96. The molecule has 6 amide bonds. The van der Waals surface area contributed by atoms with Gasteiger partial charge >= 0.3 is 11.9 Å². The Morgan fingerprint density at radius 2 is 1.45 bits per heavy atom. The van der Waals surface area contributed by atoms with E-state index in [2.05, 4.69) is 10.6 Å². The van der Waals surface area contributed by atoms with Crippen molar-refractivity contribution in [2.24, 2.45) is 5.41 Å². The molecule has 0 aliphatic carbocycles. The molecule has 4 aromatic rings. The summed E-state index contributed by atoms with van der Waals surface area (Å²) in [5.74, 6) is -4.73. The number of esters is 2. The highest BCUT2D eigenvalue weighted by Gasteiger charge is 2.43. The van der Waals surface area contributed by atoms with Gasteiger partial charge in [0.15, 0.2) is 18.1 Å². The van der Waals surface area contributed by atoms with Crippen molar-refractivity contribution in [2.75, 3.05) is 81.9 Å². The lowest BCUT2D eigenvalue weighted by Gasteiger charge is -2.36. The van der Waals surface area contributed by atoms with Gasteiger partial charge in [-0.05, 0) is 132 Å². The first-order chi connectivity index (χ1) is 43.3. The summed E-state index contributed by atoms with van der Waals surface area (Å²) in [4.78, 5) is 133. The van der Waals surface area contributed by atoms with Crippen LogP contribution in [-0.4, -0.2) is 184 Å². The SMILES string of the molecule is CCCC[C@H]1C(=O)N[C@@H](Cc2ccc3ccccc3c2)C(=O)N(C)[C@@H](COC(C)(C)C)C(=O)NCC(=O)N(C)CCCC=CC(=O)OCC(C)(C)C(=O)C(=O)N2CCCC[C@H]2C(=O)O[C@H](CCc2c(OC)ccc(OC)c2OC)c2cccc(c2)OCC(=O)N1C. The van der Waals surface area contributed by atoms with Crippen LogP contribution in [0.1, 0.15) is 122 Å². The molecule has 0 saturated carbocycles. The van der Waals surface area contributed by atoms with Crippen molar-refractivity contribution in [1.29, 1.82) is 0 Å². The number of carbonyl (C=O) groups is 9. The monoisotopic (exact) mass is 1260 g/mol. The minimum absolute atomic E-state index is 0.00268. The van der Waals surface area contributed by atoms with Crippen molar-refractivity contribution in [3.63, 3.8) is 0 Å². The molecule has 22 heteroatoms. The smallest absolute Gasteiger partial charge is 0.330 e. The Morgan fingerprint density at radius 3 is 2.15 bits per heavy atom. The Morgan fingerprint density at radius 1 is 0.725 bits per heavy atom. The van der Waals surface area contributed by atoms with Gasteiger partial charge in [-0.25, -0.2) is 9.59 Å². The van der Waals surface area contributed by atoms with E-state index in [9.17, 15) is 38.4 Å². The maximum absolute atomic E-state index is 15.1. The van der Waals surface area contributed by atoms with E-state index in [1.807, 2.05) is 49.4 Å². The summed E-state index contributed by atoms with van der Waals surface area (Å²) in [6, 6.07) is 18.7. The lowest BCUT2D eigenvalue weighted by Crippen LogP contribution is -2.59. The standard InChI is InChI=1S/C69H92N6O16/c1-13-14-27-52-64(81)71-51(39-45-30-31-46-23-17-18-24-47(46)38-45)65(82)74(9)54(42-90-68(2,3)4)63(80)70-41-58(76)72(7)36-20-15-16-29-60(78)89-44-69(5,6)62(79)66(83)75-37-21-19-28-53(75)67(84)91-55(48-25-22-26-49(40-48)88-43-59(77)73(52)8)33-32-50-56(85-10)34-35-57(86-11)61(50)87-12/h16-18,22-26,29-31,34-35,38,40,51-55H,13-15,19-21,27-28,32-33,36-37,39,41-44H2,1-12H3,(H,70,80)(H,71,81)/t51-,52-,53-,54-,55+/m0/s1. The van der Waals surface area contributed by atoms with Gasteiger partial charge < -0.3 is 63.4 Å². The van der Waals surface area contributed by atoms with Crippen molar-refractivity contribution < 1.29 is 76.3 Å². The zero-order chi connectivity index (χ0) is 66.6. The summed E-state index contributed by atoms with van der Waals surface area (Å²) >= 11 is 0. The number of hydrogen-bond donors (Lipinski definition) is 2. The molecule has 4 aromatic carbocycles. The molecule has 2 N–H and O–H groups in total. The van der Waals surface area contributed by atoms with Gasteiger partial charge in [0, 0.05) is 52.3 Å². The van der Waals surface area contributed by atoms with E-state index < -0.39 is 114 Å². The fraction of sp³-hybridized carbons (Fsp3) is 0.522. The summed E-state index contributed by atoms with van der Waals surface area (Å²) < 4.78 is 41.3. The second-order valence-electron chi connectivity index (χ2n) is 24.7. The van der Waals surface area contributed by atoms with Crippen LogP contribution in [0.4, 0.5) is 0 Å². The van der Waals surface area contributed by atoms with Crippen LogP contribution >= 0.6 is 0 Å². The Hall–Kier alpha value is -8.53. The number of carbonyl (C=O) groups excluding carboxylic acids is 9. The third-order valence-corrected chi connectivity index (χ3v) is 16.4. The molecule has 6 rings (SSSR count). The van der Waals surface area contributed by atoms with Gasteiger partial charge in [0.25, 0.3) is 11.8 Å². The predicted octanol–water partition coefficient (Wildman–Crippen LogP) is 7.29. The second-order valence-corrected chi connectivity index (χ2v) is 24.7. The fourth-order valence-corrected chi connectivity index (χ4v) is 10.8. The Kier molecular flexibility index (Phi) is 26.3. The highest BCUT2D eigenvalue weighted by atomic mass is 16.5. The van der Waals surface area contributed by atoms with E-state index >= 15 is 4.79 Å². The number of ether oxygens (including phenoxy) is 7. The van der Waals surface area contributed by atoms with E-state index in [0.29, 0.717) is 72.5 Å². The molecule has 2 aliphatic rings. The predicted molar refractivity (Wildman–Crippen MR) is 341 cm³/mol. The molecule has 0 unspecified atom stereocenters. The average molecular weight is 1260 g/mol. The van der Waals surface area contributed by atoms with Gasteiger partial charge in [-0.2, -0.15) is 0 Å². The molecule has 0 radical (unpaired) electrons. The van der Waals surface area contributed by atoms with Gasteiger partial charge in [-0.1, -0.05) is 80.4 Å². The summed E-state index contributed by atoms with van der Waals surface area (Å²) in [7, 11) is 9.02. The number of rotatable bonds is 13. The topological polar surface area (TPSA) is 255 Å². The third-order valence-electron chi connectivity index (χ3n) is 16.4. The first kappa shape index (κ1) is 71.5. The molecule has 2 bridgehead atoms. The highest BCUT2D eigenvalue weighted by Crippen LogP contribution is 2.40. The number of methoxy groups -OCH3 is 3. The van der Waals surface area contributed by atoms with Crippen LogP contribution < -0.4 is 29.6 Å². The number of unbranched alkanes of at least 4 members (excludes halogenated alkanes) is 1. The van der Waals surface area contributed by atoms with E-state index in [-0.39, 0.29) is 57.6 Å². The number of nitrogens with one attached hydrogen (secondary N) is 2. The van der Waals surface area contributed by atoms with Crippen molar-refractivity contribution in [3.05, 3.63) is 108 Å². The molecular formula is C69H92N6O16. The lowest BCUT2D eigenvalue weighted by molar-refractivity contribution is -0.165. The highest BCUT2D eigenvalue weighted by molar-refractivity contribution is 6.38. The Balaban J connectivity index is 1.36. The van der Waals surface area contributed by atoms with Crippen molar-refractivity contribution in [3.8, 4) is 23.0 Å². The average Bonchev–Trinajstić information content (AvgIpc) is 1.37. The molecule has 91 heavy (non-hydrogen) atoms. The number of piperidine rings is 1. The van der Waals surface area contributed by atoms with Crippen molar-refractivity contribution in [2.45, 2.75) is 148 Å². The van der Waals surface area contributed by atoms with E-state index in [4.69, 9.17) is 33.2 Å². The number of cyclic esters (lactones) is 2. The number of amides is 6. The molecule has 5 atom stereocenters. The van der Waals surface area contributed by atoms with E-state index in [0.717, 1.165) is 10.8 Å². The quantitative estimate of drug-likeness (QED) is 0.0984. The number of benzene rings is 4. The second kappa shape index (κ2) is 33.5. The molecule has 0 spiro atoms. The van der Waals surface area contributed by atoms with Crippen molar-refractivity contribution in [1.82, 2.24) is 30.2 Å². The lowest BCUT2D eigenvalue weighted by atomic mass is 9.87. The van der Waals surface area contributed by atoms with Gasteiger partial charge in [0.2, 0.25) is 29.4 Å². The van der Waals surface area contributed by atoms with Gasteiger partial charge in [0.1, 0.15) is 48.4 Å². The first-order valence-electron chi connectivity index (χ1n) is 31.2. The molecule has 1 fully saturated rings. The maximum atomic E-state index is 15.1. The van der Waals surface area contributed by atoms with Crippen LogP contribution in [0.15, 0.2) is 91.0 Å². The molecule has 2 heterocycles. The summed E-state index contributed by atoms with van der Waals surface area (Å²) in [5, 5.41) is 7.53. The minimum atomic E-state index is -1.50. The number of fused-ring (bicyclic) bond motifs is 4. The molecule has 1 saturated heterocycles. The summed E-state index contributed by atoms with van der Waals surface area (Å²) in [5.41, 5.74) is -0.466. The van der Waals surface area contributed by atoms with E-state index in [1.54, 1.807) is 70.3 Å². The van der Waals surface area contributed by atoms with Crippen LogP contribution in [0, 0.1) is 5.41 Å². The fourth-order valence-electron chi connectivity index (χ4n) is 10.8. The van der Waals surface area contributed by atoms with Gasteiger partial charge in [-0.3, -0.25) is 33.6 Å². The Bertz CT molecular complexity index is 3250. The number of allylic oxidation sites excluding steroid dienone is 1. The number of hydrogen-bond acceptors (Lipinski definition) is 16. The number of ketones is 1. The van der Waals surface area contributed by atoms with Crippen molar-refractivity contribution >= 4 is 63.9 Å². The molecule has 494 valence electrons. The minimum Gasteiger partial charge on any atom is -0.496 e. The molecule has 0 aromatic heterocycles. The first-order valence-corrected chi connectivity index (χ1v) is 31.2. The normalized spacial score (nSPS) is 21.4. The van der Waals surface area contributed by atoms with Crippen LogP contribution in [-0.2, 0) is 70.2 Å². The third kappa shape index (κ3) is 20.0. The number of likely N-dealkylation sites (N-methyl/N-ethyl adjacent to an activating group) is 3. The van der Waals surface area contributed by atoms with Gasteiger partial charge in [0.05, 0.1) is 45.5 Å². The molecular weight excluding hydrogens is 1170 g/mol. The van der Waals surface area contributed by atoms with Crippen LogP contribution in [0.25, 0.3) is 10.8 Å². The van der Waals surface area contributed by atoms with Crippen LogP contribution in [0.2, 0.25) is 0 Å². The van der Waals surface area contributed by atoms with Crippen LogP contribution in [0.3, 0.4) is 0 Å². The number of Topliss-reactive ketones (excluding diaryl/α,β-unsaturated/α-hetero) is 1. The Labute approximate surface area is 534 Å². The largest absolute Gasteiger partial charge is 0.496 e. The maximum Gasteiger partial charge on any atom is 0.330 e. The zero-order valence-electron chi connectivity index (χ0n) is 54.9.